The third-order valence-corrected chi connectivity index (χ3v) is 5.61. The Kier molecular flexibility index (Phi) is 4.66. The average molecular weight is 415 g/mol. The van der Waals surface area contributed by atoms with Gasteiger partial charge in [-0.2, -0.15) is 0 Å². The maximum atomic E-state index is 11.3. The van der Waals surface area contributed by atoms with Crippen molar-refractivity contribution in [3.8, 4) is 22.6 Å². The molecule has 3 N–H and O–H groups in total. The summed E-state index contributed by atoms with van der Waals surface area (Å²) < 4.78 is 7.91. The summed E-state index contributed by atoms with van der Waals surface area (Å²) in [6.07, 6.45) is 3.27. The van der Waals surface area contributed by atoms with Crippen molar-refractivity contribution in [2.24, 2.45) is 0 Å². The zero-order valence-electron chi connectivity index (χ0n) is 16.7. The Morgan fingerprint density at radius 1 is 1.06 bits per heavy atom. The Morgan fingerprint density at radius 2 is 1.81 bits per heavy atom. The molecule has 4 aromatic rings. The first-order valence-corrected chi connectivity index (χ1v) is 10.0. The van der Waals surface area contributed by atoms with E-state index < -0.39 is 6.09 Å². The summed E-state index contributed by atoms with van der Waals surface area (Å²) in [6.45, 7) is 0.924. The second-order valence-corrected chi connectivity index (χ2v) is 7.52. The SMILES string of the molecule is Nc1ncnc2c1c(-c1ccc(Oc3ccccc3)cc1)cn2C1CCN(C(=O)O)C1. The van der Waals surface area contributed by atoms with Crippen LogP contribution in [0.25, 0.3) is 22.2 Å². The van der Waals surface area contributed by atoms with Gasteiger partial charge in [0.05, 0.1) is 11.4 Å². The standard InChI is InChI=1S/C23H21N5O3/c24-21-20-19(15-6-8-18(9-7-15)31-17-4-2-1-3-5-17)13-28(22(20)26-14-25-21)16-10-11-27(12-16)23(29)30/h1-9,13-14,16H,10-12H2,(H,29,30)(H2,24,25,26). The first kappa shape index (κ1) is 18.9. The van der Waals surface area contributed by atoms with Gasteiger partial charge in [-0.05, 0) is 36.2 Å². The molecule has 1 atom stereocenters. The number of fused-ring (bicyclic) bond motifs is 1. The Labute approximate surface area is 178 Å². The summed E-state index contributed by atoms with van der Waals surface area (Å²) in [5.74, 6) is 1.90. The van der Waals surface area contributed by atoms with Gasteiger partial charge < -0.3 is 25.0 Å². The number of para-hydroxylation sites is 1. The highest BCUT2D eigenvalue weighted by molar-refractivity contribution is 6.00. The van der Waals surface area contributed by atoms with E-state index in [0.717, 1.165) is 34.4 Å². The minimum Gasteiger partial charge on any atom is -0.465 e. The van der Waals surface area contributed by atoms with E-state index in [-0.39, 0.29) is 6.04 Å². The van der Waals surface area contributed by atoms with Gasteiger partial charge in [-0.15, -0.1) is 0 Å². The van der Waals surface area contributed by atoms with Crippen molar-refractivity contribution in [3.05, 3.63) is 67.1 Å². The number of likely N-dealkylation sites (tertiary alicyclic amines) is 1. The summed E-state index contributed by atoms with van der Waals surface area (Å²) in [7, 11) is 0. The monoisotopic (exact) mass is 415 g/mol. The average Bonchev–Trinajstić information content (AvgIpc) is 3.41. The number of nitrogen functional groups attached to an aromatic ring is 1. The molecule has 1 saturated heterocycles. The van der Waals surface area contributed by atoms with Gasteiger partial charge in [-0.25, -0.2) is 14.8 Å². The van der Waals surface area contributed by atoms with Crippen LogP contribution in [-0.2, 0) is 0 Å². The van der Waals surface area contributed by atoms with Crippen LogP contribution in [0.1, 0.15) is 12.5 Å². The first-order valence-electron chi connectivity index (χ1n) is 10.0. The van der Waals surface area contributed by atoms with Crippen molar-refractivity contribution in [1.29, 1.82) is 0 Å². The molecule has 2 aromatic carbocycles. The van der Waals surface area contributed by atoms with Crippen molar-refractivity contribution in [2.45, 2.75) is 12.5 Å². The highest BCUT2D eigenvalue weighted by atomic mass is 16.5. The number of rotatable bonds is 4. The van der Waals surface area contributed by atoms with Gasteiger partial charge in [0.25, 0.3) is 0 Å². The van der Waals surface area contributed by atoms with Crippen LogP contribution in [0.4, 0.5) is 10.6 Å². The third kappa shape index (κ3) is 3.52. The summed E-state index contributed by atoms with van der Waals surface area (Å²) in [5, 5.41) is 10.1. The van der Waals surface area contributed by atoms with E-state index in [0.29, 0.717) is 24.6 Å². The number of hydrogen-bond donors (Lipinski definition) is 2. The number of benzene rings is 2. The molecule has 1 unspecified atom stereocenters. The third-order valence-electron chi connectivity index (χ3n) is 5.61. The minimum atomic E-state index is -0.901. The number of ether oxygens (including phenoxy) is 1. The van der Waals surface area contributed by atoms with E-state index in [9.17, 15) is 9.90 Å². The fourth-order valence-corrected chi connectivity index (χ4v) is 4.08. The molecule has 8 nitrogen and oxygen atoms in total. The van der Waals surface area contributed by atoms with Crippen LogP contribution in [0, 0.1) is 0 Å². The van der Waals surface area contributed by atoms with Crippen LogP contribution in [-0.4, -0.2) is 43.7 Å². The molecule has 1 fully saturated rings. The van der Waals surface area contributed by atoms with Crippen LogP contribution in [0.2, 0.25) is 0 Å². The van der Waals surface area contributed by atoms with E-state index in [1.807, 2.05) is 65.4 Å². The lowest BCUT2D eigenvalue weighted by Crippen LogP contribution is -2.27. The number of hydrogen-bond acceptors (Lipinski definition) is 5. The van der Waals surface area contributed by atoms with Gasteiger partial charge in [-0.3, -0.25) is 0 Å². The molecule has 31 heavy (non-hydrogen) atoms. The highest BCUT2D eigenvalue weighted by Gasteiger charge is 2.29. The Hall–Kier alpha value is -4.07. The van der Waals surface area contributed by atoms with Crippen molar-refractivity contribution < 1.29 is 14.6 Å². The van der Waals surface area contributed by atoms with E-state index >= 15 is 0 Å². The lowest BCUT2D eigenvalue weighted by atomic mass is 10.1. The lowest BCUT2D eigenvalue weighted by Gasteiger charge is -2.14. The molecule has 156 valence electrons. The topological polar surface area (TPSA) is 107 Å². The second kappa shape index (κ2) is 7.64. The molecule has 0 spiro atoms. The van der Waals surface area contributed by atoms with Gasteiger partial charge in [0.1, 0.15) is 29.3 Å². The number of nitrogens with two attached hydrogens (primary N) is 1. The van der Waals surface area contributed by atoms with Gasteiger partial charge in [0.15, 0.2) is 0 Å². The molecule has 1 amide bonds. The molecule has 0 bridgehead atoms. The van der Waals surface area contributed by atoms with Gasteiger partial charge in [0, 0.05) is 24.8 Å². The zero-order valence-corrected chi connectivity index (χ0v) is 16.7. The molecule has 0 saturated carbocycles. The van der Waals surface area contributed by atoms with Crippen LogP contribution >= 0.6 is 0 Å². The molecule has 8 heteroatoms. The van der Waals surface area contributed by atoms with Crippen LogP contribution in [0.5, 0.6) is 11.5 Å². The first-order chi connectivity index (χ1) is 15.1. The molecule has 1 aliphatic heterocycles. The normalized spacial score (nSPS) is 16.0. The Morgan fingerprint density at radius 3 is 2.52 bits per heavy atom. The smallest absolute Gasteiger partial charge is 0.407 e. The number of nitrogens with zero attached hydrogens (tertiary/aromatic N) is 4. The van der Waals surface area contributed by atoms with E-state index in [2.05, 4.69) is 9.97 Å². The predicted octanol–water partition coefficient (Wildman–Crippen LogP) is 4.40. The van der Waals surface area contributed by atoms with Gasteiger partial charge in [-0.1, -0.05) is 30.3 Å². The summed E-state index contributed by atoms with van der Waals surface area (Å²) in [5.41, 5.74) is 8.80. The van der Waals surface area contributed by atoms with Gasteiger partial charge >= 0.3 is 6.09 Å². The van der Waals surface area contributed by atoms with Crippen LogP contribution < -0.4 is 10.5 Å². The fraction of sp³-hybridized carbons (Fsp3) is 0.174. The minimum absolute atomic E-state index is 0.00216. The predicted molar refractivity (Wildman–Crippen MR) is 117 cm³/mol. The molecule has 3 heterocycles. The second-order valence-electron chi connectivity index (χ2n) is 7.52. The number of anilines is 1. The molecular weight excluding hydrogens is 394 g/mol. The number of amides is 1. The van der Waals surface area contributed by atoms with Crippen molar-refractivity contribution in [3.63, 3.8) is 0 Å². The Balaban J connectivity index is 1.51. The van der Waals surface area contributed by atoms with Crippen molar-refractivity contribution in [1.82, 2.24) is 19.4 Å². The van der Waals surface area contributed by atoms with Crippen LogP contribution in [0.3, 0.4) is 0 Å². The summed E-state index contributed by atoms with van der Waals surface area (Å²) in [6, 6.07) is 17.4. The van der Waals surface area contributed by atoms with Gasteiger partial charge in [0.2, 0.25) is 0 Å². The van der Waals surface area contributed by atoms with Crippen LogP contribution in [0.15, 0.2) is 67.1 Å². The molecule has 5 rings (SSSR count). The lowest BCUT2D eigenvalue weighted by molar-refractivity contribution is 0.154. The molecular formula is C23H21N5O3. The zero-order chi connectivity index (χ0) is 21.4. The highest BCUT2D eigenvalue weighted by Crippen LogP contribution is 2.37. The maximum absolute atomic E-state index is 11.3. The van der Waals surface area contributed by atoms with E-state index in [4.69, 9.17) is 10.5 Å². The number of carbonyl (C=O) groups is 1. The fourth-order valence-electron chi connectivity index (χ4n) is 4.08. The summed E-state index contributed by atoms with van der Waals surface area (Å²) in [4.78, 5) is 21.4. The van der Waals surface area contributed by atoms with E-state index in [1.54, 1.807) is 0 Å². The molecule has 0 radical (unpaired) electrons. The number of carboxylic acid groups (broad SMARTS) is 1. The summed E-state index contributed by atoms with van der Waals surface area (Å²) >= 11 is 0. The van der Waals surface area contributed by atoms with Crippen molar-refractivity contribution in [2.75, 3.05) is 18.8 Å². The molecule has 2 aromatic heterocycles. The molecule has 1 aliphatic rings. The Bertz CT molecular complexity index is 1240. The maximum Gasteiger partial charge on any atom is 0.407 e. The van der Waals surface area contributed by atoms with Crippen molar-refractivity contribution >= 4 is 22.9 Å². The largest absolute Gasteiger partial charge is 0.465 e. The van der Waals surface area contributed by atoms with E-state index in [1.165, 1.54) is 11.2 Å². The molecule has 0 aliphatic carbocycles. The quantitative estimate of drug-likeness (QED) is 0.512. The number of aromatic nitrogens is 3.